The van der Waals surface area contributed by atoms with Crippen LogP contribution in [0.5, 0.6) is 0 Å². The van der Waals surface area contributed by atoms with Crippen LogP contribution in [-0.4, -0.2) is 0 Å². The molecule has 2 aromatic rings. The lowest BCUT2D eigenvalue weighted by Gasteiger charge is -2.06. The Kier molecular flexibility index (Phi) is 3.27. The van der Waals surface area contributed by atoms with Crippen molar-refractivity contribution in [2.45, 2.75) is 25.7 Å². The molecule has 0 spiro atoms. The number of aryl methyl sites for hydroxylation is 3. The summed E-state index contributed by atoms with van der Waals surface area (Å²) in [6.07, 6.45) is 9.01. The van der Waals surface area contributed by atoms with Crippen molar-refractivity contribution < 1.29 is 0 Å². The van der Waals surface area contributed by atoms with Crippen LogP contribution < -0.4 is 0 Å². The summed E-state index contributed by atoms with van der Waals surface area (Å²) < 4.78 is 0. The molecule has 4 aliphatic carbocycles. The fourth-order valence-corrected chi connectivity index (χ4v) is 2.43. The molecule has 4 aliphatic rings. The van der Waals surface area contributed by atoms with Crippen molar-refractivity contribution in [1.29, 1.82) is 0 Å². The van der Waals surface area contributed by atoms with E-state index in [4.69, 9.17) is 0 Å². The first-order valence-electron chi connectivity index (χ1n) is 6.73. The molecule has 0 atom stereocenters. The zero-order valence-corrected chi connectivity index (χ0v) is 10.6. The van der Waals surface area contributed by atoms with Crippen LogP contribution in [0, 0.1) is 0 Å². The van der Waals surface area contributed by atoms with Gasteiger partial charge in [0.05, 0.1) is 0 Å². The number of hydrogen-bond acceptors (Lipinski definition) is 0. The molecule has 0 nitrogen and oxygen atoms in total. The van der Waals surface area contributed by atoms with E-state index in [9.17, 15) is 0 Å². The van der Waals surface area contributed by atoms with Gasteiger partial charge >= 0.3 is 0 Å². The summed E-state index contributed by atoms with van der Waals surface area (Å²) in [5.41, 5.74) is 5.61. The summed E-state index contributed by atoms with van der Waals surface area (Å²) in [6.45, 7) is 0. The molecule has 0 heteroatoms. The van der Waals surface area contributed by atoms with Gasteiger partial charge in [-0.2, -0.15) is 0 Å². The number of rotatable bonds is 0. The average Bonchev–Trinajstić information content (AvgIpc) is 2.44. The van der Waals surface area contributed by atoms with E-state index in [0.29, 0.717) is 0 Å². The standard InChI is InChI=1S/C18H18/c1-2-4-16-7-11-18(12-8-16)14-13-17-9-5-15(3-1)6-10-17/h1,3,5-12H,2,4,13-14H2. The number of allylic oxidation sites excluding steroid dienone is 1. The predicted octanol–water partition coefficient (Wildman–Crippen LogP) is 4.43. The third-order valence-corrected chi connectivity index (χ3v) is 3.62. The molecule has 18 heavy (non-hydrogen) atoms. The van der Waals surface area contributed by atoms with E-state index in [1.54, 1.807) is 0 Å². The molecule has 0 amide bonds. The van der Waals surface area contributed by atoms with Crippen LogP contribution in [0.2, 0.25) is 0 Å². The van der Waals surface area contributed by atoms with E-state index in [1.807, 2.05) is 0 Å². The van der Waals surface area contributed by atoms with E-state index in [1.165, 1.54) is 22.3 Å². The fraction of sp³-hybridized carbons (Fsp3) is 0.222. The Hall–Kier alpha value is -1.82. The Balaban J connectivity index is 1.91. The Morgan fingerprint density at radius 2 is 1.06 bits per heavy atom. The fourth-order valence-electron chi connectivity index (χ4n) is 2.43. The van der Waals surface area contributed by atoms with Crippen LogP contribution in [0.3, 0.4) is 0 Å². The summed E-state index contributed by atoms with van der Waals surface area (Å²) in [5.74, 6) is 0. The first-order chi connectivity index (χ1) is 8.90. The van der Waals surface area contributed by atoms with E-state index in [2.05, 4.69) is 60.7 Å². The molecule has 90 valence electrons. The molecule has 0 fully saturated rings. The predicted molar refractivity (Wildman–Crippen MR) is 77.6 cm³/mol. The molecule has 2 aromatic carbocycles. The highest BCUT2D eigenvalue weighted by Crippen LogP contribution is 2.14. The minimum atomic E-state index is 1.11. The van der Waals surface area contributed by atoms with E-state index in [-0.39, 0.29) is 0 Å². The normalized spacial score (nSPS) is 14.7. The quantitative estimate of drug-likeness (QED) is 0.632. The van der Waals surface area contributed by atoms with E-state index in [0.717, 1.165) is 25.7 Å². The third kappa shape index (κ3) is 2.70. The highest BCUT2D eigenvalue weighted by Gasteiger charge is 1.99. The van der Waals surface area contributed by atoms with E-state index >= 15 is 0 Å². The van der Waals surface area contributed by atoms with Crippen LogP contribution in [-0.2, 0) is 19.3 Å². The largest absolute Gasteiger partial charge is 0.0836 e. The average molecular weight is 234 g/mol. The van der Waals surface area contributed by atoms with Gasteiger partial charge in [-0.25, -0.2) is 0 Å². The molecular formula is C18H18. The van der Waals surface area contributed by atoms with Gasteiger partial charge in [-0.3, -0.25) is 0 Å². The molecule has 0 N–H and O–H groups in total. The number of benzene rings is 2. The summed E-state index contributed by atoms with van der Waals surface area (Å²) in [4.78, 5) is 0. The first kappa shape index (κ1) is 11.3. The van der Waals surface area contributed by atoms with Crippen molar-refractivity contribution >= 4 is 6.08 Å². The molecule has 4 bridgehead atoms. The SMILES string of the molecule is C1=Cc2ccc(cc2)CCc2ccc(cc2)CC1. The van der Waals surface area contributed by atoms with Gasteiger partial charge in [-0.05, 0) is 47.9 Å². The van der Waals surface area contributed by atoms with E-state index < -0.39 is 0 Å². The zero-order chi connectivity index (χ0) is 12.2. The maximum absolute atomic E-state index is 2.28. The minimum Gasteiger partial charge on any atom is -0.0836 e. The van der Waals surface area contributed by atoms with Gasteiger partial charge in [0.25, 0.3) is 0 Å². The van der Waals surface area contributed by atoms with Gasteiger partial charge in [0, 0.05) is 0 Å². The second-order valence-electron chi connectivity index (χ2n) is 5.00. The monoisotopic (exact) mass is 234 g/mol. The Morgan fingerprint density at radius 3 is 1.67 bits per heavy atom. The van der Waals surface area contributed by atoms with Gasteiger partial charge < -0.3 is 0 Å². The molecule has 0 saturated carbocycles. The van der Waals surface area contributed by atoms with Gasteiger partial charge in [-0.15, -0.1) is 0 Å². The molecular weight excluding hydrogens is 216 g/mol. The summed E-state index contributed by atoms with van der Waals surface area (Å²) >= 11 is 0. The molecule has 0 aliphatic heterocycles. The summed E-state index contributed by atoms with van der Waals surface area (Å²) in [6, 6.07) is 18.0. The molecule has 0 heterocycles. The molecule has 0 aromatic heterocycles. The van der Waals surface area contributed by atoms with Crippen molar-refractivity contribution in [3.05, 3.63) is 76.9 Å². The van der Waals surface area contributed by atoms with Gasteiger partial charge in [0.1, 0.15) is 0 Å². The minimum absolute atomic E-state index is 1.11. The first-order valence-corrected chi connectivity index (χ1v) is 6.73. The molecule has 0 radical (unpaired) electrons. The lowest BCUT2D eigenvalue weighted by atomic mass is 10.00. The Bertz CT molecular complexity index is 529. The molecule has 0 saturated heterocycles. The third-order valence-electron chi connectivity index (χ3n) is 3.62. The molecule has 6 rings (SSSR count). The van der Waals surface area contributed by atoms with Gasteiger partial charge in [-0.1, -0.05) is 60.7 Å². The van der Waals surface area contributed by atoms with Crippen molar-refractivity contribution in [2.24, 2.45) is 0 Å². The van der Waals surface area contributed by atoms with Crippen molar-refractivity contribution in [3.63, 3.8) is 0 Å². The number of hydrogen-bond donors (Lipinski definition) is 0. The Labute approximate surface area is 109 Å². The highest BCUT2D eigenvalue weighted by atomic mass is 14.0. The topological polar surface area (TPSA) is 0 Å². The van der Waals surface area contributed by atoms with Crippen molar-refractivity contribution in [2.75, 3.05) is 0 Å². The van der Waals surface area contributed by atoms with Crippen LogP contribution in [0.1, 0.15) is 28.7 Å². The highest BCUT2D eigenvalue weighted by molar-refractivity contribution is 5.49. The van der Waals surface area contributed by atoms with Gasteiger partial charge in [0.15, 0.2) is 0 Å². The van der Waals surface area contributed by atoms with Crippen LogP contribution in [0.25, 0.3) is 6.08 Å². The second-order valence-corrected chi connectivity index (χ2v) is 5.00. The second kappa shape index (κ2) is 5.22. The van der Waals surface area contributed by atoms with Crippen LogP contribution in [0.4, 0.5) is 0 Å². The maximum Gasteiger partial charge on any atom is -0.0238 e. The van der Waals surface area contributed by atoms with Crippen LogP contribution >= 0.6 is 0 Å². The smallest absolute Gasteiger partial charge is 0.0238 e. The maximum atomic E-state index is 2.28. The van der Waals surface area contributed by atoms with Crippen molar-refractivity contribution in [1.82, 2.24) is 0 Å². The Morgan fingerprint density at radius 1 is 0.556 bits per heavy atom. The van der Waals surface area contributed by atoms with Gasteiger partial charge in [0.2, 0.25) is 0 Å². The lowest BCUT2D eigenvalue weighted by molar-refractivity contribution is 0.950. The summed E-state index contributed by atoms with van der Waals surface area (Å²) in [7, 11) is 0. The van der Waals surface area contributed by atoms with Crippen molar-refractivity contribution in [3.8, 4) is 0 Å². The lowest BCUT2D eigenvalue weighted by Crippen LogP contribution is -1.93. The summed E-state index contributed by atoms with van der Waals surface area (Å²) in [5, 5.41) is 0. The zero-order valence-electron chi connectivity index (χ0n) is 10.6. The van der Waals surface area contributed by atoms with Crippen LogP contribution in [0.15, 0.2) is 54.6 Å². The molecule has 0 unspecified atom stereocenters.